The lowest BCUT2D eigenvalue weighted by Crippen LogP contribution is -2.14. The summed E-state index contributed by atoms with van der Waals surface area (Å²) in [5, 5.41) is 3.14. The molecule has 0 fully saturated rings. The molecule has 0 saturated carbocycles. The second-order valence-electron chi connectivity index (χ2n) is 4.39. The molecule has 0 unspecified atom stereocenters. The summed E-state index contributed by atoms with van der Waals surface area (Å²) in [4.78, 5) is 0. The molecule has 0 aliphatic heterocycles. The molecule has 2 aromatic rings. The van der Waals surface area contributed by atoms with Gasteiger partial charge in [0.05, 0.1) is 5.56 Å². The highest BCUT2D eigenvalue weighted by molar-refractivity contribution is 9.10. The van der Waals surface area contributed by atoms with Crippen LogP contribution in [0, 0.1) is 0 Å². The van der Waals surface area contributed by atoms with Crippen molar-refractivity contribution in [1.82, 2.24) is 5.32 Å². The van der Waals surface area contributed by atoms with Gasteiger partial charge < -0.3 is 5.32 Å². The largest absolute Gasteiger partial charge is 0.416 e. The van der Waals surface area contributed by atoms with E-state index in [0.717, 1.165) is 11.6 Å². The Hall–Kier alpha value is -1.33. The van der Waals surface area contributed by atoms with Crippen LogP contribution in [-0.2, 0) is 19.3 Å². The zero-order valence-electron chi connectivity index (χ0n) is 10.5. The Balaban J connectivity index is 2.02. The molecule has 0 amide bonds. The van der Waals surface area contributed by atoms with E-state index < -0.39 is 11.7 Å². The lowest BCUT2D eigenvalue weighted by atomic mass is 10.1. The number of halogens is 4. The van der Waals surface area contributed by atoms with Crippen molar-refractivity contribution in [2.75, 3.05) is 0 Å². The summed E-state index contributed by atoms with van der Waals surface area (Å²) >= 11 is 3.28. The van der Waals surface area contributed by atoms with Gasteiger partial charge in [-0.3, -0.25) is 0 Å². The second-order valence-corrected chi connectivity index (χ2v) is 5.25. The van der Waals surface area contributed by atoms with E-state index in [1.165, 1.54) is 12.1 Å². The minimum atomic E-state index is -4.31. The van der Waals surface area contributed by atoms with Crippen LogP contribution in [0.1, 0.15) is 16.7 Å². The summed E-state index contributed by atoms with van der Waals surface area (Å²) in [6.07, 6.45) is -4.31. The summed E-state index contributed by atoms with van der Waals surface area (Å²) < 4.78 is 38.6. The normalized spacial score (nSPS) is 11.6. The molecule has 0 aliphatic carbocycles. The predicted molar refractivity (Wildman–Crippen MR) is 76.1 cm³/mol. The van der Waals surface area contributed by atoms with Crippen LogP contribution in [0.15, 0.2) is 53.0 Å². The summed E-state index contributed by atoms with van der Waals surface area (Å²) in [5.41, 5.74) is 1.06. The van der Waals surface area contributed by atoms with Crippen molar-refractivity contribution in [3.05, 3.63) is 69.7 Å². The molecular formula is C15H13BrF3N. The highest BCUT2D eigenvalue weighted by atomic mass is 79.9. The summed E-state index contributed by atoms with van der Waals surface area (Å²) in [7, 11) is 0. The van der Waals surface area contributed by atoms with E-state index >= 15 is 0 Å². The van der Waals surface area contributed by atoms with Crippen molar-refractivity contribution in [3.63, 3.8) is 0 Å². The third kappa shape index (κ3) is 4.08. The highest BCUT2D eigenvalue weighted by Gasteiger charge is 2.30. The Bertz CT molecular complexity index is 567. The molecule has 0 radical (unpaired) electrons. The Morgan fingerprint density at radius 3 is 2.30 bits per heavy atom. The maximum absolute atomic E-state index is 12.7. The van der Waals surface area contributed by atoms with E-state index in [9.17, 15) is 13.2 Å². The predicted octanol–water partition coefficient (Wildman–Crippen LogP) is 4.76. The molecule has 0 spiro atoms. The molecule has 20 heavy (non-hydrogen) atoms. The van der Waals surface area contributed by atoms with E-state index in [1.807, 2.05) is 30.3 Å². The van der Waals surface area contributed by atoms with Gasteiger partial charge in [0.25, 0.3) is 0 Å². The molecule has 1 nitrogen and oxygen atoms in total. The molecule has 0 aliphatic rings. The zero-order valence-corrected chi connectivity index (χ0v) is 12.1. The smallest absolute Gasteiger partial charge is 0.309 e. The first-order chi connectivity index (χ1) is 9.47. The van der Waals surface area contributed by atoms with Crippen molar-refractivity contribution >= 4 is 15.9 Å². The molecule has 0 saturated heterocycles. The maximum Gasteiger partial charge on any atom is 0.416 e. The fraction of sp³-hybridized carbons (Fsp3) is 0.200. The van der Waals surface area contributed by atoms with Crippen LogP contribution in [0.25, 0.3) is 0 Å². The zero-order chi connectivity index (χ0) is 14.6. The van der Waals surface area contributed by atoms with Gasteiger partial charge in [-0.25, -0.2) is 0 Å². The van der Waals surface area contributed by atoms with Crippen LogP contribution in [0.4, 0.5) is 13.2 Å². The SMILES string of the molecule is FC(F)(F)c1ccc(Br)c(CNCc2ccccc2)c1. The molecule has 0 bridgehead atoms. The van der Waals surface area contributed by atoms with E-state index in [-0.39, 0.29) is 0 Å². The van der Waals surface area contributed by atoms with Crippen LogP contribution in [-0.4, -0.2) is 0 Å². The fourth-order valence-electron chi connectivity index (χ4n) is 1.82. The van der Waals surface area contributed by atoms with Gasteiger partial charge in [-0.15, -0.1) is 0 Å². The van der Waals surface area contributed by atoms with Gasteiger partial charge >= 0.3 is 6.18 Å². The number of alkyl halides is 3. The standard InChI is InChI=1S/C15H13BrF3N/c16-14-7-6-13(15(17,18)19)8-12(14)10-20-9-11-4-2-1-3-5-11/h1-8,20H,9-10H2. The molecule has 5 heteroatoms. The molecule has 1 N–H and O–H groups in total. The van der Waals surface area contributed by atoms with Gasteiger partial charge in [-0.2, -0.15) is 13.2 Å². The molecule has 0 atom stereocenters. The number of hydrogen-bond donors (Lipinski definition) is 1. The lowest BCUT2D eigenvalue weighted by molar-refractivity contribution is -0.137. The molecule has 0 heterocycles. The number of hydrogen-bond acceptors (Lipinski definition) is 1. The van der Waals surface area contributed by atoms with E-state index in [0.29, 0.717) is 23.1 Å². The minimum absolute atomic E-state index is 0.374. The topological polar surface area (TPSA) is 12.0 Å². The van der Waals surface area contributed by atoms with Gasteiger partial charge in [0.2, 0.25) is 0 Å². The Kier molecular flexibility index (Phi) is 4.83. The van der Waals surface area contributed by atoms with Crippen LogP contribution >= 0.6 is 15.9 Å². The van der Waals surface area contributed by atoms with Gasteiger partial charge in [0, 0.05) is 17.6 Å². The van der Waals surface area contributed by atoms with Crippen LogP contribution < -0.4 is 5.32 Å². The van der Waals surface area contributed by atoms with Gasteiger partial charge in [-0.05, 0) is 29.3 Å². The van der Waals surface area contributed by atoms with Crippen molar-refractivity contribution in [3.8, 4) is 0 Å². The monoisotopic (exact) mass is 343 g/mol. The number of benzene rings is 2. The first kappa shape index (κ1) is 15.1. The quantitative estimate of drug-likeness (QED) is 0.843. The average molecular weight is 344 g/mol. The van der Waals surface area contributed by atoms with Gasteiger partial charge in [-0.1, -0.05) is 46.3 Å². The molecule has 0 aromatic heterocycles. The van der Waals surface area contributed by atoms with Crippen LogP contribution in [0.2, 0.25) is 0 Å². The van der Waals surface area contributed by atoms with E-state index in [2.05, 4.69) is 21.2 Å². The van der Waals surface area contributed by atoms with Gasteiger partial charge in [0.15, 0.2) is 0 Å². The van der Waals surface area contributed by atoms with E-state index in [4.69, 9.17) is 0 Å². The Labute approximate surface area is 123 Å². The number of nitrogens with one attached hydrogen (secondary N) is 1. The third-order valence-electron chi connectivity index (χ3n) is 2.86. The first-order valence-electron chi connectivity index (χ1n) is 6.07. The van der Waals surface area contributed by atoms with Crippen molar-refractivity contribution in [2.45, 2.75) is 19.3 Å². The third-order valence-corrected chi connectivity index (χ3v) is 3.63. The van der Waals surface area contributed by atoms with Crippen molar-refractivity contribution < 1.29 is 13.2 Å². The fourth-order valence-corrected chi connectivity index (χ4v) is 2.21. The highest BCUT2D eigenvalue weighted by Crippen LogP contribution is 2.31. The van der Waals surface area contributed by atoms with Crippen molar-refractivity contribution in [1.29, 1.82) is 0 Å². The first-order valence-corrected chi connectivity index (χ1v) is 6.86. The van der Waals surface area contributed by atoms with Gasteiger partial charge in [0.1, 0.15) is 0 Å². The minimum Gasteiger partial charge on any atom is -0.309 e. The summed E-state index contributed by atoms with van der Waals surface area (Å²) in [6, 6.07) is 13.4. The molecule has 2 aromatic carbocycles. The lowest BCUT2D eigenvalue weighted by Gasteiger charge is -2.11. The van der Waals surface area contributed by atoms with Crippen molar-refractivity contribution in [2.24, 2.45) is 0 Å². The summed E-state index contributed by atoms with van der Waals surface area (Å²) in [6.45, 7) is 0.989. The Morgan fingerprint density at radius 2 is 1.65 bits per heavy atom. The average Bonchev–Trinajstić information content (AvgIpc) is 2.41. The summed E-state index contributed by atoms with van der Waals surface area (Å²) in [5.74, 6) is 0. The van der Waals surface area contributed by atoms with E-state index in [1.54, 1.807) is 0 Å². The molecule has 106 valence electrons. The molecule has 2 rings (SSSR count). The second kappa shape index (κ2) is 6.41. The van der Waals surface area contributed by atoms with Crippen LogP contribution in [0.5, 0.6) is 0 Å². The van der Waals surface area contributed by atoms with Crippen LogP contribution in [0.3, 0.4) is 0 Å². The molecular weight excluding hydrogens is 331 g/mol. The number of rotatable bonds is 4. The Morgan fingerprint density at radius 1 is 0.950 bits per heavy atom. The maximum atomic E-state index is 12.7.